The molecule has 0 aliphatic heterocycles. The normalized spacial score (nSPS) is 21.8. The van der Waals surface area contributed by atoms with Gasteiger partial charge < -0.3 is 10.6 Å². The van der Waals surface area contributed by atoms with E-state index in [-0.39, 0.29) is 17.6 Å². The molecule has 0 radical (unpaired) electrons. The third kappa shape index (κ3) is 3.39. The molecular weight excluding hydrogens is 270 g/mol. The number of carbonyl (C=O) groups is 1. The van der Waals surface area contributed by atoms with Crippen LogP contribution < -0.4 is 5.73 Å². The highest BCUT2D eigenvalue weighted by atomic mass is 16.6. The second-order valence-corrected chi connectivity index (χ2v) is 5.57. The number of rotatable bonds is 4. The fourth-order valence-corrected chi connectivity index (χ4v) is 3.05. The van der Waals surface area contributed by atoms with Crippen molar-refractivity contribution >= 4 is 11.6 Å². The van der Waals surface area contributed by atoms with Crippen LogP contribution in [0.3, 0.4) is 0 Å². The van der Waals surface area contributed by atoms with Gasteiger partial charge in [0, 0.05) is 30.8 Å². The first-order valence-corrected chi connectivity index (χ1v) is 7.26. The fourth-order valence-electron chi connectivity index (χ4n) is 3.05. The second kappa shape index (κ2) is 6.67. The molecule has 2 unspecified atom stereocenters. The monoisotopic (exact) mass is 291 g/mol. The van der Waals surface area contributed by atoms with E-state index in [4.69, 9.17) is 5.73 Å². The summed E-state index contributed by atoms with van der Waals surface area (Å²) in [5.74, 6) is 0.237. The van der Waals surface area contributed by atoms with Crippen molar-refractivity contribution in [3.05, 3.63) is 39.9 Å². The lowest BCUT2D eigenvalue weighted by Gasteiger charge is -2.37. The van der Waals surface area contributed by atoms with Gasteiger partial charge in [-0.1, -0.05) is 12.8 Å². The van der Waals surface area contributed by atoms with Crippen LogP contribution in [0.2, 0.25) is 0 Å². The van der Waals surface area contributed by atoms with Gasteiger partial charge in [-0.15, -0.1) is 0 Å². The second-order valence-electron chi connectivity index (χ2n) is 5.57. The van der Waals surface area contributed by atoms with Gasteiger partial charge in [-0.2, -0.15) is 0 Å². The molecule has 0 aromatic heterocycles. The maximum Gasteiger partial charge on any atom is 0.269 e. The first-order valence-electron chi connectivity index (χ1n) is 7.26. The minimum Gasteiger partial charge on any atom is -0.338 e. The molecule has 0 bridgehead atoms. The fraction of sp³-hybridized carbons (Fsp3) is 0.533. The van der Waals surface area contributed by atoms with Crippen LogP contribution in [0.4, 0.5) is 5.69 Å². The standard InChI is InChI=1S/C15H21N3O3/c1-17(14-5-3-2-4-12(14)10-16)15(19)11-6-8-13(9-7-11)18(20)21/h6-9,12,14H,2-5,10,16H2,1H3. The zero-order valence-corrected chi connectivity index (χ0v) is 12.2. The van der Waals surface area contributed by atoms with Crippen molar-refractivity contribution in [3.8, 4) is 0 Å². The molecule has 1 aromatic carbocycles. The van der Waals surface area contributed by atoms with Crippen LogP contribution in [0.25, 0.3) is 0 Å². The molecule has 1 amide bonds. The van der Waals surface area contributed by atoms with E-state index in [0.29, 0.717) is 18.0 Å². The van der Waals surface area contributed by atoms with E-state index in [1.807, 2.05) is 0 Å². The van der Waals surface area contributed by atoms with E-state index < -0.39 is 4.92 Å². The molecule has 2 rings (SSSR count). The molecule has 2 atom stereocenters. The van der Waals surface area contributed by atoms with Crippen molar-refractivity contribution in [2.75, 3.05) is 13.6 Å². The summed E-state index contributed by atoms with van der Waals surface area (Å²) in [5, 5.41) is 10.6. The Bertz CT molecular complexity index is 515. The molecule has 1 fully saturated rings. The molecule has 6 heteroatoms. The number of benzene rings is 1. The number of non-ortho nitro benzene ring substituents is 1. The van der Waals surface area contributed by atoms with Gasteiger partial charge in [0.2, 0.25) is 0 Å². The van der Waals surface area contributed by atoms with E-state index in [9.17, 15) is 14.9 Å². The predicted molar refractivity (Wildman–Crippen MR) is 80.0 cm³/mol. The zero-order valence-electron chi connectivity index (χ0n) is 12.2. The summed E-state index contributed by atoms with van der Waals surface area (Å²) in [5.41, 5.74) is 6.28. The topological polar surface area (TPSA) is 89.5 Å². The Morgan fingerprint density at radius 2 is 1.95 bits per heavy atom. The van der Waals surface area contributed by atoms with Gasteiger partial charge in [0.15, 0.2) is 0 Å². The summed E-state index contributed by atoms with van der Waals surface area (Å²) >= 11 is 0. The van der Waals surface area contributed by atoms with Crippen LogP contribution in [-0.4, -0.2) is 35.4 Å². The molecule has 0 heterocycles. The zero-order chi connectivity index (χ0) is 15.4. The van der Waals surface area contributed by atoms with Crippen LogP contribution in [0.5, 0.6) is 0 Å². The van der Waals surface area contributed by atoms with Crippen molar-refractivity contribution in [3.63, 3.8) is 0 Å². The summed E-state index contributed by atoms with van der Waals surface area (Å²) in [7, 11) is 1.79. The predicted octanol–water partition coefficient (Wildman–Crippen LogP) is 2.18. The summed E-state index contributed by atoms with van der Waals surface area (Å²) in [4.78, 5) is 24.4. The summed E-state index contributed by atoms with van der Waals surface area (Å²) in [6.45, 7) is 0.586. The number of hydrogen-bond donors (Lipinski definition) is 1. The smallest absolute Gasteiger partial charge is 0.269 e. The molecule has 6 nitrogen and oxygen atoms in total. The van der Waals surface area contributed by atoms with Crippen molar-refractivity contribution in [2.24, 2.45) is 11.7 Å². The molecular formula is C15H21N3O3. The summed E-state index contributed by atoms with van der Waals surface area (Å²) < 4.78 is 0. The lowest BCUT2D eigenvalue weighted by molar-refractivity contribution is -0.384. The van der Waals surface area contributed by atoms with E-state index >= 15 is 0 Å². The van der Waals surface area contributed by atoms with E-state index in [0.717, 1.165) is 25.7 Å². The van der Waals surface area contributed by atoms with Gasteiger partial charge in [0.25, 0.3) is 11.6 Å². The number of nitrogens with two attached hydrogens (primary N) is 1. The minimum absolute atomic E-state index is 0.00768. The average molecular weight is 291 g/mol. The quantitative estimate of drug-likeness (QED) is 0.680. The number of hydrogen-bond acceptors (Lipinski definition) is 4. The Morgan fingerprint density at radius 1 is 1.33 bits per heavy atom. The molecule has 114 valence electrons. The Kier molecular flexibility index (Phi) is 4.90. The van der Waals surface area contributed by atoms with Crippen LogP contribution in [0, 0.1) is 16.0 Å². The highest BCUT2D eigenvalue weighted by Gasteiger charge is 2.30. The number of amides is 1. The van der Waals surface area contributed by atoms with Crippen molar-refractivity contribution < 1.29 is 9.72 Å². The van der Waals surface area contributed by atoms with E-state index in [2.05, 4.69) is 0 Å². The first-order chi connectivity index (χ1) is 10.0. The van der Waals surface area contributed by atoms with E-state index in [1.54, 1.807) is 11.9 Å². The van der Waals surface area contributed by atoms with Crippen LogP contribution in [0.15, 0.2) is 24.3 Å². The van der Waals surface area contributed by atoms with Crippen molar-refractivity contribution in [2.45, 2.75) is 31.7 Å². The molecule has 1 saturated carbocycles. The van der Waals surface area contributed by atoms with Crippen LogP contribution in [-0.2, 0) is 0 Å². The first kappa shape index (κ1) is 15.4. The van der Waals surface area contributed by atoms with Crippen LogP contribution in [0.1, 0.15) is 36.0 Å². The molecule has 2 N–H and O–H groups in total. The van der Waals surface area contributed by atoms with E-state index in [1.165, 1.54) is 24.3 Å². The highest BCUT2D eigenvalue weighted by Crippen LogP contribution is 2.28. The summed E-state index contributed by atoms with van der Waals surface area (Å²) in [6.07, 6.45) is 4.30. The third-order valence-electron chi connectivity index (χ3n) is 4.31. The molecule has 21 heavy (non-hydrogen) atoms. The lowest BCUT2D eigenvalue weighted by atomic mass is 9.83. The van der Waals surface area contributed by atoms with Crippen molar-refractivity contribution in [1.82, 2.24) is 4.90 Å². The third-order valence-corrected chi connectivity index (χ3v) is 4.31. The molecule has 1 aliphatic carbocycles. The highest BCUT2D eigenvalue weighted by molar-refractivity contribution is 5.94. The van der Waals surface area contributed by atoms with Gasteiger partial charge in [-0.05, 0) is 37.4 Å². The molecule has 1 aliphatic rings. The Labute approximate surface area is 124 Å². The maximum absolute atomic E-state index is 12.5. The molecule has 0 spiro atoms. The minimum atomic E-state index is -0.469. The number of carbonyl (C=O) groups excluding carboxylic acids is 1. The maximum atomic E-state index is 12.5. The Hall–Kier alpha value is -1.95. The van der Waals surface area contributed by atoms with Gasteiger partial charge >= 0.3 is 0 Å². The Morgan fingerprint density at radius 3 is 2.52 bits per heavy atom. The number of nitro groups is 1. The van der Waals surface area contributed by atoms with Crippen LogP contribution >= 0.6 is 0 Å². The average Bonchev–Trinajstić information content (AvgIpc) is 2.53. The van der Waals surface area contributed by atoms with Gasteiger partial charge in [-0.3, -0.25) is 14.9 Å². The summed E-state index contributed by atoms with van der Waals surface area (Å²) in [6, 6.07) is 5.91. The van der Waals surface area contributed by atoms with Gasteiger partial charge in [0.1, 0.15) is 0 Å². The van der Waals surface area contributed by atoms with Crippen molar-refractivity contribution in [1.29, 1.82) is 0 Å². The van der Waals surface area contributed by atoms with Gasteiger partial charge in [0.05, 0.1) is 4.92 Å². The SMILES string of the molecule is CN(C(=O)c1ccc([N+](=O)[O-])cc1)C1CCCCC1CN. The lowest BCUT2D eigenvalue weighted by Crippen LogP contribution is -2.45. The largest absolute Gasteiger partial charge is 0.338 e. The number of nitrogens with zero attached hydrogens (tertiary/aromatic N) is 2. The number of nitro benzene ring substituents is 1. The van der Waals surface area contributed by atoms with Gasteiger partial charge in [-0.25, -0.2) is 0 Å². The molecule has 0 saturated heterocycles. The molecule has 1 aromatic rings. The Balaban J connectivity index is 2.12.